The number of hydrogen-bond donors (Lipinski definition) is 2. The number of rotatable bonds is 11. The summed E-state index contributed by atoms with van der Waals surface area (Å²) in [4.78, 5) is 0. The van der Waals surface area contributed by atoms with Crippen molar-refractivity contribution in [2.24, 2.45) is 0 Å². The highest BCUT2D eigenvalue weighted by Gasteiger charge is 1.93. The molecule has 0 unspecified atom stereocenters. The predicted octanol–water partition coefficient (Wildman–Crippen LogP) is 6.62. The standard InChI is InChI=1S/C12H19NO.C12H19N/c1-2-3-4-5-10-14-12-8-6-11(13)7-9-12;1-2-3-4-5-6-11-7-9-12(13)10-8-11/h6-9H,2-5,10,13H2,1H3;7-10H,2-6,13H2,1H3. The smallest absolute Gasteiger partial charge is 0.119 e. The summed E-state index contributed by atoms with van der Waals surface area (Å²) in [6.07, 6.45) is 11.5. The van der Waals surface area contributed by atoms with E-state index in [0.29, 0.717) is 0 Å². The summed E-state index contributed by atoms with van der Waals surface area (Å²) in [5.74, 6) is 0.913. The van der Waals surface area contributed by atoms with Crippen LogP contribution in [0.15, 0.2) is 48.5 Å². The summed E-state index contributed by atoms with van der Waals surface area (Å²) < 4.78 is 5.55. The van der Waals surface area contributed by atoms with Crippen LogP contribution >= 0.6 is 0 Å². The largest absolute Gasteiger partial charge is 0.494 e. The maximum atomic E-state index is 5.60. The number of unbranched alkanes of at least 4 members (excludes halogenated alkanes) is 6. The van der Waals surface area contributed by atoms with E-state index in [-0.39, 0.29) is 0 Å². The number of nitrogens with two attached hydrogens (primary N) is 2. The molecule has 0 saturated carbocycles. The molecule has 0 aliphatic carbocycles. The third-order valence-corrected chi connectivity index (χ3v) is 4.45. The zero-order chi connectivity index (χ0) is 19.7. The van der Waals surface area contributed by atoms with Crippen molar-refractivity contribution in [3.8, 4) is 5.75 Å². The summed E-state index contributed by atoms with van der Waals surface area (Å²) in [6, 6.07) is 15.8. The van der Waals surface area contributed by atoms with E-state index in [2.05, 4.69) is 26.0 Å². The third-order valence-electron chi connectivity index (χ3n) is 4.45. The fourth-order valence-corrected chi connectivity index (χ4v) is 2.72. The monoisotopic (exact) mass is 370 g/mol. The van der Waals surface area contributed by atoms with Crippen LogP contribution in [0.3, 0.4) is 0 Å². The van der Waals surface area contributed by atoms with Crippen molar-refractivity contribution in [3.63, 3.8) is 0 Å². The second-order valence-corrected chi connectivity index (χ2v) is 7.03. The first-order valence-corrected chi connectivity index (χ1v) is 10.5. The topological polar surface area (TPSA) is 61.3 Å². The molecular formula is C24H38N2O. The van der Waals surface area contributed by atoms with E-state index >= 15 is 0 Å². The molecule has 4 N–H and O–H groups in total. The molecule has 0 atom stereocenters. The lowest BCUT2D eigenvalue weighted by atomic mass is 10.1. The molecule has 0 aliphatic heterocycles. The van der Waals surface area contributed by atoms with Gasteiger partial charge in [-0.1, -0.05) is 64.5 Å². The van der Waals surface area contributed by atoms with E-state index in [1.807, 2.05) is 36.4 Å². The first-order valence-electron chi connectivity index (χ1n) is 10.5. The van der Waals surface area contributed by atoms with Crippen LogP contribution in [0.4, 0.5) is 11.4 Å². The molecule has 0 spiro atoms. The molecule has 0 amide bonds. The number of anilines is 2. The Labute approximate surface area is 166 Å². The van der Waals surface area contributed by atoms with Crippen LogP contribution < -0.4 is 16.2 Å². The second-order valence-electron chi connectivity index (χ2n) is 7.03. The minimum atomic E-state index is 0.781. The summed E-state index contributed by atoms with van der Waals surface area (Å²) in [5, 5.41) is 0. The highest BCUT2D eigenvalue weighted by molar-refractivity contribution is 5.41. The van der Waals surface area contributed by atoms with Crippen LogP contribution in [0.2, 0.25) is 0 Å². The van der Waals surface area contributed by atoms with E-state index in [0.717, 1.165) is 30.2 Å². The van der Waals surface area contributed by atoms with Gasteiger partial charge in [0.25, 0.3) is 0 Å². The van der Waals surface area contributed by atoms with Crippen LogP contribution in [0.1, 0.15) is 70.8 Å². The molecule has 2 aromatic rings. The van der Waals surface area contributed by atoms with Crippen LogP contribution in [-0.2, 0) is 6.42 Å². The predicted molar refractivity (Wildman–Crippen MR) is 119 cm³/mol. The molecular weight excluding hydrogens is 332 g/mol. The van der Waals surface area contributed by atoms with Crippen molar-refractivity contribution in [2.45, 2.75) is 71.6 Å². The molecule has 0 fully saturated rings. The number of ether oxygens (including phenoxy) is 1. The molecule has 0 saturated heterocycles. The minimum absolute atomic E-state index is 0.781. The summed E-state index contributed by atoms with van der Waals surface area (Å²) >= 11 is 0. The summed E-state index contributed by atoms with van der Waals surface area (Å²) in [6.45, 7) is 5.26. The Morgan fingerprint density at radius 3 is 1.70 bits per heavy atom. The molecule has 2 aromatic carbocycles. The van der Waals surface area contributed by atoms with Gasteiger partial charge in [-0.05, 0) is 61.2 Å². The molecule has 27 heavy (non-hydrogen) atoms. The zero-order valence-corrected chi connectivity index (χ0v) is 17.3. The Hall–Kier alpha value is -2.16. The molecule has 0 radical (unpaired) electrons. The Morgan fingerprint density at radius 1 is 0.630 bits per heavy atom. The lowest BCUT2D eigenvalue weighted by Gasteiger charge is -2.05. The van der Waals surface area contributed by atoms with Gasteiger partial charge in [-0.2, -0.15) is 0 Å². The maximum absolute atomic E-state index is 5.60. The van der Waals surface area contributed by atoms with Crippen molar-refractivity contribution in [2.75, 3.05) is 18.1 Å². The Bertz CT molecular complexity index is 578. The van der Waals surface area contributed by atoms with E-state index in [4.69, 9.17) is 16.2 Å². The van der Waals surface area contributed by atoms with Crippen molar-refractivity contribution < 1.29 is 4.74 Å². The molecule has 3 nitrogen and oxygen atoms in total. The van der Waals surface area contributed by atoms with Gasteiger partial charge in [-0.15, -0.1) is 0 Å². The van der Waals surface area contributed by atoms with E-state index in [9.17, 15) is 0 Å². The normalized spacial score (nSPS) is 10.1. The second kappa shape index (κ2) is 15.0. The number of benzene rings is 2. The average Bonchev–Trinajstić information content (AvgIpc) is 2.68. The molecule has 0 bridgehead atoms. The van der Waals surface area contributed by atoms with Crippen molar-refractivity contribution in [1.29, 1.82) is 0 Å². The van der Waals surface area contributed by atoms with Crippen molar-refractivity contribution in [1.82, 2.24) is 0 Å². The summed E-state index contributed by atoms with van der Waals surface area (Å²) in [7, 11) is 0. The van der Waals surface area contributed by atoms with E-state index in [1.165, 1.54) is 56.9 Å². The fourth-order valence-electron chi connectivity index (χ4n) is 2.72. The van der Waals surface area contributed by atoms with Gasteiger partial charge in [0.15, 0.2) is 0 Å². The molecule has 150 valence electrons. The molecule has 0 aliphatic rings. The van der Waals surface area contributed by atoms with Gasteiger partial charge in [0.05, 0.1) is 6.61 Å². The average molecular weight is 371 g/mol. The van der Waals surface area contributed by atoms with E-state index in [1.54, 1.807) is 0 Å². The highest BCUT2D eigenvalue weighted by atomic mass is 16.5. The zero-order valence-electron chi connectivity index (χ0n) is 17.3. The van der Waals surface area contributed by atoms with Crippen LogP contribution in [0.5, 0.6) is 5.75 Å². The molecule has 0 aromatic heterocycles. The Morgan fingerprint density at radius 2 is 1.15 bits per heavy atom. The van der Waals surface area contributed by atoms with Gasteiger partial charge in [-0.3, -0.25) is 0 Å². The quantitative estimate of drug-likeness (QED) is 0.345. The maximum Gasteiger partial charge on any atom is 0.119 e. The first-order chi connectivity index (χ1) is 13.2. The van der Waals surface area contributed by atoms with Crippen molar-refractivity contribution >= 4 is 11.4 Å². The SMILES string of the molecule is CCCCCCOc1ccc(N)cc1.CCCCCCc1ccc(N)cc1. The van der Waals surface area contributed by atoms with Crippen LogP contribution in [0, 0.1) is 0 Å². The number of aryl methyl sites for hydroxylation is 1. The van der Waals surface area contributed by atoms with Gasteiger partial charge >= 0.3 is 0 Å². The van der Waals surface area contributed by atoms with Gasteiger partial charge < -0.3 is 16.2 Å². The highest BCUT2D eigenvalue weighted by Crippen LogP contribution is 2.13. The summed E-state index contributed by atoms with van der Waals surface area (Å²) in [5.41, 5.74) is 14.2. The molecule has 0 heterocycles. The Balaban J connectivity index is 0.000000271. The van der Waals surface area contributed by atoms with Gasteiger partial charge in [0.1, 0.15) is 5.75 Å². The van der Waals surface area contributed by atoms with Crippen LogP contribution in [0.25, 0.3) is 0 Å². The van der Waals surface area contributed by atoms with Gasteiger partial charge in [-0.25, -0.2) is 0 Å². The lowest BCUT2D eigenvalue weighted by molar-refractivity contribution is 0.305. The lowest BCUT2D eigenvalue weighted by Crippen LogP contribution is -1.97. The first kappa shape index (κ1) is 22.9. The molecule has 2 rings (SSSR count). The molecule has 3 heteroatoms. The fraction of sp³-hybridized carbons (Fsp3) is 0.500. The van der Waals surface area contributed by atoms with E-state index < -0.39 is 0 Å². The third kappa shape index (κ3) is 12.0. The van der Waals surface area contributed by atoms with Crippen LogP contribution in [-0.4, -0.2) is 6.61 Å². The number of nitrogen functional groups attached to an aromatic ring is 2. The van der Waals surface area contributed by atoms with Gasteiger partial charge in [0.2, 0.25) is 0 Å². The minimum Gasteiger partial charge on any atom is -0.494 e. The van der Waals surface area contributed by atoms with Gasteiger partial charge in [0, 0.05) is 11.4 Å². The number of hydrogen-bond acceptors (Lipinski definition) is 3. The Kier molecular flexibility index (Phi) is 12.7. The van der Waals surface area contributed by atoms with Crippen molar-refractivity contribution in [3.05, 3.63) is 54.1 Å².